The van der Waals surface area contributed by atoms with Crippen LogP contribution in [0.2, 0.25) is 0 Å². The van der Waals surface area contributed by atoms with Gasteiger partial charge in [0.15, 0.2) is 11.6 Å². The third kappa shape index (κ3) is 3.06. The summed E-state index contributed by atoms with van der Waals surface area (Å²) < 4.78 is 51.1. The molecule has 3 atom stereocenters. The molecule has 32 heavy (non-hydrogen) atoms. The molecule has 1 aliphatic heterocycles. The molecular formula is C22H26F3N3O4. The van der Waals surface area contributed by atoms with Crippen molar-refractivity contribution in [1.29, 1.82) is 0 Å². The van der Waals surface area contributed by atoms with Crippen molar-refractivity contribution in [2.45, 2.75) is 57.1 Å². The number of hydrogen-bond acceptors (Lipinski definition) is 5. The van der Waals surface area contributed by atoms with Crippen LogP contribution in [0, 0.1) is 24.6 Å². The second-order valence-electron chi connectivity index (χ2n) is 9.33. The molecule has 0 radical (unpaired) electrons. The normalized spacial score (nSPS) is 27.4. The van der Waals surface area contributed by atoms with Gasteiger partial charge in [-0.1, -0.05) is 0 Å². The van der Waals surface area contributed by atoms with Crippen molar-refractivity contribution in [3.05, 3.63) is 32.2 Å². The van der Waals surface area contributed by atoms with Crippen molar-refractivity contribution >= 4 is 16.6 Å². The summed E-state index contributed by atoms with van der Waals surface area (Å²) >= 11 is 0. The number of methoxy groups -OCH3 is 1. The van der Waals surface area contributed by atoms with Gasteiger partial charge in [-0.25, -0.2) is 18.0 Å². The Hall–Kier alpha value is -2.49. The molecule has 1 saturated heterocycles. The molecule has 7 nitrogen and oxygen atoms in total. The first-order valence-electron chi connectivity index (χ1n) is 11.0. The summed E-state index contributed by atoms with van der Waals surface area (Å²) in [5, 5.41) is 10.3. The van der Waals surface area contributed by atoms with E-state index in [1.165, 1.54) is 11.7 Å². The fraction of sp³-hybridized carbons (Fsp3) is 0.636. The lowest BCUT2D eigenvalue weighted by Gasteiger charge is -2.28. The summed E-state index contributed by atoms with van der Waals surface area (Å²) in [7, 11) is 1.25. The van der Waals surface area contributed by atoms with Gasteiger partial charge in [0.2, 0.25) is 0 Å². The molecule has 3 unspecified atom stereocenters. The maximum atomic E-state index is 15.7. The van der Waals surface area contributed by atoms with Crippen molar-refractivity contribution in [1.82, 2.24) is 9.55 Å². The van der Waals surface area contributed by atoms with Crippen molar-refractivity contribution in [3.63, 3.8) is 0 Å². The number of aliphatic hydroxyl groups is 1. The molecule has 174 valence electrons. The maximum absolute atomic E-state index is 15.7. The van der Waals surface area contributed by atoms with Gasteiger partial charge in [-0.15, -0.1) is 0 Å². The molecule has 2 N–H and O–H groups in total. The Morgan fingerprint density at radius 1 is 1.19 bits per heavy atom. The van der Waals surface area contributed by atoms with Gasteiger partial charge in [0.05, 0.1) is 18.3 Å². The standard InChI is InChI=1S/C22H26F3N3O4/c1-10-16-14(20(30)26-21(31)28(16)12-5-6-12)18(32-2)15(23)17(10)27-8-11-4-3-7-22(24,25)19(29)13(11)9-27/h11-13,19,29H,3-9H2,1-2H3,(H,26,30,31). The van der Waals surface area contributed by atoms with Gasteiger partial charge in [0.1, 0.15) is 11.5 Å². The first-order valence-corrected chi connectivity index (χ1v) is 11.0. The summed E-state index contributed by atoms with van der Waals surface area (Å²) in [5.74, 6) is -5.11. The lowest BCUT2D eigenvalue weighted by molar-refractivity contribution is -0.130. The Labute approximate surface area is 181 Å². The largest absolute Gasteiger partial charge is 0.493 e. The monoisotopic (exact) mass is 453 g/mol. The van der Waals surface area contributed by atoms with E-state index in [1.54, 1.807) is 11.8 Å². The van der Waals surface area contributed by atoms with Gasteiger partial charge in [-0.2, -0.15) is 0 Å². The van der Waals surface area contributed by atoms with Gasteiger partial charge in [-0.3, -0.25) is 14.3 Å². The summed E-state index contributed by atoms with van der Waals surface area (Å²) in [6.07, 6.45) is 0.201. The second-order valence-corrected chi connectivity index (χ2v) is 9.33. The van der Waals surface area contributed by atoms with Crippen molar-refractivity contribution in [3.8, 4) is 5.75 Å². The highest BCUT2D eigenvalue weighted by atomic mass is 19.3. The van der Waals surface area contributed by atoms with E-state index in [1.807, 2.05) is 0 Å². The molecule has 2 aliphatic carbocycles. The average molecular weight is 453 g/mol. The number of hydrogen-bond donors (Lipinski definition) is 2. The molecule has 3 aliphatic rings. The van der Waals surface area contributed by atoms with Crippen LogP contribution in [0.5, 0.6) is 5.75 Å². The van der Waals surface area contributed by atoms with Crippen LogP contribution in [0.4, 0.5) is 18.9 Å². The zero-order chi connectivity index (χ0) is 22.9. The molecule has 0 spiro atoms. The summed E-state index contributed by atoms with van der Waals surface area (Å²) in [6, 6.07) is -0.0891. The van der Waals surface area contributed by atoms with E-state index >= 15 is 4.39 Å². The number of halogens is 3. The Balaban J connectivity index is 1.70. The van der Waals surface area contributed by atoms with E-state index in [2.05, 4.69) is 4.98 Å². The summed E-state index contributed by atoms with van der Waals surface area (Å²) in [4.78, 5) is 29.2. The maximum Gasteiger partial charge on any atom is 0.329 e. The molecule has 2 aromatic rings. The number of aromatic amines is 1. The number of fused-ring (bicyclic) bond motifs is 2. The Morgan fingerprint density at radius 2 is 1.91 bits per heavy atom. The number of benzene rings is 1. The number of alkyl halides is 2. The molecule has 1 aromatic heterocycles. The first kappa shape index (κ1) is 21.4. The lowest BCUT2D eigenvalue weighted by atomic mass is 9.89. The number of nitrogens with one attached hydrogen (secondary N) is 1. The van der Waals surface area contributed by atoms with Crippen molar-refractivity contribution in [2.24, 2.45) is 11.8 Å². The first-order chi connectivity index (χ1) is 15.2. The fourth-order valence-corrected chi connectivity index (χ4v) is 5.67. The Bertz CT molecular complexity index is 1200. The van der Waals surface area contributed by atoms with Crippen LogP contribution < -0.4 is 20.9 Å². The molecule has 0 amide bonds. The van der Waals surface area contributed by atoms with E-state index in [-0.39, 0.29) is 48.2 Å². The van der Waals surface area contributed by atoms with Crippen LogP contribution in [0.15, 0.2) is 9.59 Å². The quantitative estimate of drug-likeness (QED) is 0.746. The Morgan fingerprint density at radius 3 is 2.56 bits per heavy atom. The molecule has 10 heteroatoms. The molecule has 2 saturated carbocycles. The fourth-order valence-electron chi connectivity index (χ4n) is 5.67. The van der Waals surface area contributed by atoms with E-state index in [0.717, 1.165) is 12.8 Å². The number of aryl methyl sites for hydroxylation is 1. The van der Waals surface area contributed by atoms with Gasteiger partial charge in [-0.05, 0) is 38.5 Å². The van der Waals surface area contributed by atoms with Gasteiger partial charge >= 0.3 is 5.69 Å². The van der Waals surface area contributed by atoms with E-state index in [4.69, 9.17) is 4.74 Å². The predicted molar refractivity (Wildman–Crippen MR) is 112 cm³/mol. The van der Waals surface area contributed by atoms with Gasteiger partial charge in [0.25, 0.3) is 11.5 Å². The Kier molecular flexibility index (Phi) is 4.85. The topological polar surface area (TPSA) is 87.6 Å². The number of H-pyrrole nitrogens is 1. The van der Waals surface area contributed by atoms with E-state index in [9.17, 15) is 23.5 Å². The summed E-state index contributed by atoms with van der Waals surface area (Å²) in [6.45, 7) is 2.00. The van der Waals surface area contributed by atoms with Gasteiger partial charge in [0, 0.05) is 37.0 Å². The molecular weight excluding hydrogens is 427 g/mol. The van der Waals surface area contributed by atoms with Crippen LogP contribution in [0.25, 0.3) is 10.9 Å². The van der Waals surface area contributed by atoms with Crippen LogP contribution in [0.1, 0.15) is 43.7 Å². The van der Waals surface area contributed by atoms with Gasteiger partial charge < -0.3 is 14.7 Å². The zero-order valence-corrected chi connectivity index (χ0v) is 18.0. The van der Waals surface area contributed by atoms with Crippen LogP contribution in [0.3, 0.4) is 0 Å². The molecule has 0 bridgehead atoms. The number of nitrogens with zero attached hydrogens (tertiary/aromatic N) is 2. The highest BCUT2D eigenvalue weighted by Gasteiger charge is 2.51. The molecule has 1 aromatic carbocycles. The highest BCUT2D eigenvalue weighted by molar-refractivity contribution is 5.93. The zero-order valence-electron chi connectivity index (χ0n) is 18.0. The van der Waals surface area contributed by atoms with Crippen LogP contribution in [-0.4, -0.2) is 46.9 Å². The molecule has 2 heterocycles. The number of ether oxygens (including phenoxy) is 1. The summed E-state index contributed by atoms with van der Waals surface area (Å²) in [5.41, 5.74) is -0.445. The smallest absolute Gasteiger partial charge is 0.329 e. The van der Waals surface area contributed by atoms with Crippen LogP contribution in [-0.2, 0) is 0 Å². The number of aromatic nitrogens is 2. The van der Waals surface area contributed by atoms with E-state index < -0.39 is 35.0 Å². The number of rotatable bonds is 3. The van der Waals surface area contributed by atoms with E-state index in [0.29, 0.717) is 24.0 Å². The lowest BCUT2D eigenvalue weighted by Crippen LogP contribution is -2.41. The number of anilines is 1. The minimum atomic E-state index is -3.18. The average Bonchev–Trinajstić information content (AvgIpc) is 3.49. The number of aliphatic hydroxyl groups excluding tert-OH is 1. The van der Waals surface area contributed by atoms with Crippen molar-refractivity contribution in [2.75, 3.05) is 25.1 Å². The second kappa shape index (κ2) is 7.26. The third-order valence-corrected chi connectivity index (χ3v) is 7.34. The molecule has 5 rings (SSSR count). The third-order valence-electron chi connectivity index (χ3n) is 7.34. The SMILES string of the molecule is COc1c(F)c(N2CC3CCCC(F)(F)C(O)C3C2)c(C)c2c1c(=O)[nH]c(=O)n2C1CC1. The minimum Gasteiger partial charge on any atom is -0.493 e. The predicted octanol–water partition coefficient (Wildman–Crippen LogP) is 2.71. The van der Waals surface area contributed by atoms with Crippen molar-refractivity contribution < 1.29 is 23.0 Å². The van der Waals surface area contributed by atoms with Crippen LogP contribution >= 0.6 is 0 Å². The molecule has 3 fully saturated rings. The minimum absolute atomic E-state index is 0.0299. The highest BCUT2D eigenvalue weighted by Crippen LogP contribution is 2.47.